The number of nitrogens with one attached hydrogen (secondary N) is 1. The van der Waals surface area contributed by atoms with Gasteiger partial charge in [0, 0.05) is 10.9 Å². The highest BCUT2D eigenvalue weighted by molar-refractivity contribution is 7.17. The lowest BCUT2D eigenvalue weighted by Crippen LogP contribution is -2.18. The molecule has 3 aromatic rings. The Morgan fingerprint density at radius 2 is 1.66 bits per heavy atom. The second-order valence-electron chi connectivity index (χ2n) is 6.20. The maximum Gasteiger partial charge on any atom is 0.265 e. The summed E-state index contributed by atoms with van der Waals surface area (Å²) in [6.07, 6.45) is 0. The van der Waals surface area contributed by atoms with Crippen LogP contribution in [0.2, 0.25) is 0 Å². The molecule has 8 heteroatoms. The smallest absolute Gasteiger partial charge is 0.265 e. The molecule has 2 amide bonds. The Balaban J connectivity index is 1.94. The van der Waals surface area contributed by atoms with Gasteiger partial charge >= 0.3 is 0 Å². The number of thiophene rings is 1. The fraction of sp³-hybridized carbons (Fsp3) is 0.143. The van der Waals surface area contributed by atoms with Gasteiger partial charge in [0.2, 0.25) is 0 Å². The van der Waals surface area contributed by atoms with Crippen LogP contribution in [0.15, 0.2) is 42.5 Å². The van der Waals surface area contributed by atoms with Crippen LogP contribution in [0, 0.1) is 12.7 Å². The molecule has 0 spiro atoms. The number of halogens is 1. The number of hydrogen-bond acceptors (Lipinski definition) is 5. The number of hydrogen-bond donors (Lipinski definition) is 2. The number of carbonyl (C=O) groups is 2. The normalized spacial score (nSPS) is 10.5. The Labute approximate surface area is 171 Å². The number of anilines is 1. The summed E-state index contributed by atoms with van der Waals surface area (Å²) in [5.41, 5.74) is 7.46. The van der Waals surface area contributed by atoms with Crippen molar-refractivity contribution in [1.29, 1.82) is 0 Å². The maximum atomic E-state index is 13.2. The van der Waals surface area contributed by atoms with Crippen molar-refractivity contribution < 1.29 is 23.5 Å². The van der Waals surface area contributed by atoms with Crippen LogP contribution in [0.4, 0.5) is 10.1 Å². The maximum absolute atomic E-state index is 13.2. The Kier molecular flexibility index (Phi) is 5.84. The standard InChI is InChI=1S/C21H19FN2O4S/c1-11-8-18(29-19(11)12-4-6-13(22)7-5-12)21(26)24-15-10-17(28-3)16(27-2)9-14(15)20(23)25/h4-10H,1-3H3,(H2,23,25)(H,24,26). The monoisotopic (exact) mass is 414 g/mol. The highest BCUT2D eigenvalue weighted by Gasteiger charge is 2.19. The average Bonchev–Trinajstić information content (AvgIpc) is 3.09. The van der Waals surface area contributed by atoms with E-state index in [9.17, 15) is 14.0 Å². The Bertz CT molecular complexity index is 1080. The molecule has 1 heterocycles. The van der Waals surface area contributed by atoms with E-state index in [1.54, 1.807) is 18.2 Å². The summed E-state index contributed by atoms with van der Waals surface area (Å²) >= 11 is 1.27. The van der Waals surface area contributed by atoms with E-state index in [0.29, 0.717) is 16.4 Å². The van der Waals surface area contributed by atoms with Crippen molar-refractivity contribution in [3.63, 3.8) is 0 Å². The molecule has 0 aliphatic carbocycles. The molecule has 29 heavy (non-hydrogen) atoms. The number of ether oxygens (including phenoxy) is 2. The van der Waals surface area contributed by atoms with Gasteiger partial charge in [-0.15, -0.1) is 11.3 Å². The molecule has 0 bridgehead atoms. The van der Waals surface area contributed by atoms with Crippen molar-refractivity contribution in [3.05, 3.63) is 64.3 Å². The van der Waals surface area contributed by atoms with Gasteiger partial charge in [-0.1, -0.05) is 12.1 Å². The highest BCUT2D eigenvalue weighted by Crippen LogP contribution is 2.35. The zero-order valence-electron chi connectivity index (χ0n) is 16.0. The van der Waals surface area contributed by atoms with Gasteiger partial charge < -0.3 is 20.5 Å². The molecule has 0 radical (unpaired) electrons. The van der Waals surface area contributed by atoms with Crippen molar-refractivity contribution in [3.8, 4) is 21.9 Å². The lowest BCUT2D eigenvalue weighted by molar-refractivity contribution is 0.100. The molecule has 0 unspecified atom stereocenters. The molecule has 2 aromatic carbocycles. The van der Waals surface area contributed by atoms with Crippen molar-refractivity contribution in [2.45, 2.75) is 6.92 Å². The van der Waals surface area contributed by atoms with E-state index >= 15 is 0 Å². The molecule has 3 N–H and O–H groups in total. The number of amides is 2. The van der Waals surface area contributed by atoms with Gasteiger partial charge in [0.05, 0.1) is 30.3 Å². The first-order valence-corrected chi connectivity index (χ1v) is 9.39. The number of carbonyl (C=O) groups excluding carboxylic acids is 2. The first-order chi connectivity index (χ1) is 13.8. The molecule has 0 atom stereocenters. The summed E-state index contributed by atoms with van der Waals surface area (Å²) < 4.78 is 23.6. The summed E-state index contributed by atoms with van der Waals surface area (Å²) in [7, 11) is 2.89. The van der Waals surface area contributed by atoms with Crippen molar-refractivity contribution in [2.75, 3.05) is 19.5 Å². The van der Waals surface area contributed by atoms with Gasteiger partial charge in [-0.2, -0.15) is 0 Å². The minimum absolute atomic E-state index is 0.100. The summed E-state index contributed by atoms with van der Waals surface area (Å²) in [6, 6.07) is 10.7. The predicted molar refractivity (Wildman–Crippen MR) is 110 cm³/mol. The van der Waals surface area contributed by atoms with E-state index in [1.165, 1.54) is 49.8 Å². The quantitative estimate of drug-likeness (QED) is 0.632. The zero-order chi connectivity index (χ0) is 21.1. The van der Waals surface area contributed by atoms with Crippen LogP contribution in [-0.2, 0) is 0 Å². The zero-order valence-corrected chi connectivity index (χ0v) is 16.9. The number of primary amides is 1. The Hall–Kier alpha value is -3.39. The van der Waals surface area contributed by atoms with E-state index in [2.05, 4.69) is 5.32 Å². The van der Waals surface area contributed by atoms with Crippen molar-refractivity contribution >= 4 is 28.8 Å². The van der Waals surface area contributed by atoms with Crippen LogP contribution < -0.4 is 20.5 Å². The van der Waals surface area contributed by atoms with Crippen molar-refractivity contribution in [2.24, 2.45) is 5.73 Å². The molecule has 0 fully saturated rings. The lowest BCUT2D eigenvalue weighted by Gasteiger charge is -2.13. The number of nitrogens with two attached hydrogens (primary N) is 1. The fourth-order valence-corrected chi connectivity index (χ4v) is 3.93. The molecule has 6 nitrogen and oxygen atoms in total. The Morgan fingerprint density at radius 1 is 1.03 bits per heavy atom. The highest BCUT2D eigenvalue weighted by atomic mass is 32.1. The summed E-state index contributed by atoms with van der Waals surface area (Å²) in [6.45, 7) is 1.87. The van der Waals surface area contributed by atoms with Gasteiger partial charge in [-0.3, -0.25) is 9.59 Å². The van der Waals surface area contributed by atoms with E-state index in [-0.39, 0.29) is 17.1 Å². The van der Waals surface area contributed by atoms with Crippen LogP contribution in [-0.4, -0.2) is 26.0 Å². The van der Waals surface area contributed by atoms with Crippen molar-refractivity contribution in [1.82, 2.24) is 0 Å². The molecular formula is C21H19FN2O4S. The second-order valence-corrected chi connectivity index (χ2v) is 7.25. The minimum Gasteiger partial charge on any atom is -0.493 e. The first kappa shape index (κ1) is 20.3. The van der Waals surface area contributed by atoms with Gasteiger partial charge in [-0.05, 0) is 42.3 Å². The van der Waals surface area contributed by atoms with Crippen LogP contribution >= 0.6 is 11.3 Å². The molecule has 0 aliphatic heterocycles. The molecule has 1 aromatic heterocycles. The van der Waals surface area contributed by atoms with E-state index in [4.69, 9.17) is 15.2 Å². The molecule has 0 aliphatic rings. The third-order valence-electron chi connectivity index (χ3n) is 4.29. The van der Waals surface area contributed by atoms with Gasteiger partial charge in [0.15, 0.2) is 11.5 Å². The second kappa shape index (κ2) is 8.32. The number of methoxy groups -OCH3 is 2. The molecule has 0 saturated heterocycles. The summed E-state index contributed by atoms with van der Waals surface area (Å²) in [5.74, 6) is -0.766. The lowest BCUT2D eigenvalue weighted by atomic mass is 10.1. The van der Waals surface area contributed by atoms with Crippen LogP contribution in [0.1, 0.15) is 25.6 Å². The largest absolute Gasteiger partial charge is 0.493 e. The number of rotatable bonds is 6. The average molecular weight is 414 g/mol. The number of benzene rings is 2. The van der Waals surface area contributed by atoms with E-state index in [0.717, 1.165) is 16.0 Å². The fourth-order valence-electron chi connectivity index (χ4n) is 2.85. The van der Waals surface area contributed by atoms with Gasteiger partial charge in [0.25, 0.3) is 11.8 Å². The minimum atomic E-state index is -0.712. The van der Waals surface area contributed by atoms with Gasteiger partial charge in [0.1, 0.15) is 5.82 Å². The van der Waals surface area contributed by atoms with Crippen LogP contribution in [0.25, 0.3) is 10.4 Å². The topological polar surface area (TPSA) is 90.6 Å². The summed E-state index contributed by atoms with van der Waals surface area (Å²) in [5, 5.41) is 2.71. The summed E-state index contributed by atoms with van der Waals surface area (Å²) in [4.78, 5) is 25.9. The third-order valence-corrected chi connectivity index (χ3v) is 5.57. The SMILES string of the molecule is COc1cc(NC(=O)c2cc(C)c(-c3ccc(F)cc3)s2)c(C(N)=O)cc1OC. The van der Waals surface area contributed by atoms with E-state index < -0.39 is 11.8 Å². The first-order valence-electron chi connectivity index (χ1n) is 8.57. The van der Waals surface area contributed by atoms with E-state index in [1.807, 2.05) is 6.92 Å². The predicted octanol–water partition coefficient (Wildman–Crippen LogP) is 4.23. The number of aryl methyl sites for hydroxylation is 1. The molecule has 0 saturated carbocycles. The van der Waals surface area contributed by atoms with Gasteiger partial charge in [-0.25, -0.2) is 4.39 Å². The third kappa shape index (κ3) is 4.22. The van der Waals surface area contributed by atoms with Crippen LogP contribution in [0.5, 0.6) is 11.5 Å². The van der Waals surface area contributed by atoms with Crippen LogP contribution in [0.3, 0.4) is 0 Å². The molecular weight excluding hydrogens is 395 g/mol. The Morgan fingerprint density at radius 3 is 2.24 bits per heavy atom. The molecule has 150 valence electrons. The molecule has 3 rings (SSSR count).